The second-order valence-corrected chi connectivity index (χ2v) is 5.24. The summed E-state index contributed by atoms with van der Waals surface area (Å²) in [5, 5.41) is 0. The summed E-state index contributed by atoms with van der Waals surface area (Å²) in [4.78, 5) is 0. The highest BCUT2D eigenvalue weighted by Crippen LogP contribution is 2.33. The molecule has 0 radical (unpaired) electrons. The number of ether oxygens (including phenoxy) is 2. The minimum atomic E-state index is 0.406. The van der Waals surface area contributed by atoms with Gasteiger partial charge in [-0.25, -0.2) is 0 Å². The maximum atomic E-state index is 6.05. The van der Waals surface area contributed by atoms with Gasteiger partial charge in [-0.3, -0.25) is 0 Å². The van der Waals surface area contributed by atoms with Crippen LogP contribution in [0.4, 0.5) is 0 Å². The van der Waals surface area contributed by atoms with Crippen LogP contribution in [-0.4, -0.2) is 6.61 Å². The minimum Gasteiger partial charge on any atom is -0.490 e. The zero-order chi connectivity index (χ0) is 15.2. The second-order valence-electron chi connectivity index (χ2n) is 4.97. The molecule has 2 rings (SSSR count). The molecule has 2 nitrogen and oxygen atoms in total. The lowest BCUT2D eigenvalue weighted by Gasteiger charge is -2.16. The van der Waals surface area contributed by atoms with Crippen LogP contribution < -0.4 is 9.47 Å². The van der Waals surface area contributed by atoms with Crippen LogP contribution in [0.2, 0.25) is 0 Å². The molecule has 0 aliphatic carbocycles. The van der Waals surface area contributed by atoms with Crippen LogP contribution in [0.5, 0.6) is 11.5 Å². The van der Waals surface area contributed by atoms with Gasteiger partial charge in [-0.15, -0.1) is 11.6 Å². The Morgan fingerprint density at radius 3 is 2.24 bits per heavy atom. The Hall–Kier alpha value is -1.67. The summed E-state index contributed by atoms with van der Waals surface area (Å²) < 4.78 is 11.7. The normalized spacial score (nSPS) is 10.5. The van der Waals surface area contributed by atoms with E-state index in [-0.39, 0.29) is 0 Å². The molecule has 0 spiro atoms. The number of halogens is 1. The first-order valence-corrected chi connectivity index (χ1v) is 7.69. The standard InChI is InChI=1S/C18H21ClO2/c1-4-20-17-10-6-9-15(11-19)18(17)21-12-16-13(2)7-5-8-14(16)3/h5-10H,4,11-12H2,1-3H3. The maximum Gasteiger partial charge on any atom is 0.166 e. The molecular weight excluding hydrogens is 284 g/mol. The summed E-state index contributed by atoms with van der Waals surface area (Å²) >= 11 is 6.01. The molecule has 0 saturated heterocycles. The quantitative estimate of drug-likeness (QED) is 0.698. The molecule has 2 aromatic carbocycles. The lowest BCUT2D eigenvalue weighted by atomic mass is 10.0. The van der Waals surface area contributed by atoms with Crippen molar-refractivity contribution in [3.63, 3.8) is 0 Å². The largest absolute Gasteiger partial charge is 0.490 e. The van der Waals surface area contributed by atoms with Crippen molar-refractivity contribution in [1.29, 1.82) is 0 Å². The molecule has 0 unspecified atom stereocenters. The summed E-state index contributed by atoms with van der Waals surface area (Å²) in [7, 11) is 0. The number of aryl methyl sites for hydroxylation is 2. The van der Waals surface area contributed by atoms with Crippen molar-refractivity contribution >= 4 is 11.6 Å². The van der Waals surface area contributed by atoms with E-state index < -0.39 is 0 Å². The van der Waals surface area contributed by atoms with Crippen molar-refractivity contribution in [3.05, 3.63) is 58.7 Å². The number of rotatable bonds is 6. The van der Waals surface area contributed by atoms with E-state index in [2.05, 4.69) is 32.0 Å². The molecule has 0 N–H and O–H groups in total. The predicted molar refractivity (Wildman–Crippen MR) is 87.4 cm³/mol. The van der Waals surface area contributed by atoms with Crippen molar-refractivity contribution in [3.8, 4) is 11.5 Å². The molecule has 2 aromatic rings. The molecule has 0 fully saturated rings. The zero-order valence-electron chi connectivity index (χ0n) is 12.8. The molecule has 21 heavy (non-hydrogen) atoms. The monoisotopic (exact) mass is 304 g/mol. The summed E-state index contributed by atoms with van der Waals surface area (Å²) in [6.07, 6.45) is 0. The predicted octanol–water partition coefficient (Wildman–Crippen LogP) is 5.02. The van der Waals surface area contributed by atoms with Gasteiger partial charge in [0, 0.05) is 5.56 Å². The molecule has 112 valence electrons. The molecule has 0 aliphatic rings. The van der Waals surface area contributed by atoms with E-state index in [4.69, 9.17) is 21.1 Å². The van der Waals surface area contributed by atoms with Gasteiger partial charge in [0.15, 0.2) is 11.5 Å². The van der Waals surface area contributed by atoms with Crippen LogP contribution in [0.15, 0.2) is 36.4 Å². The molecule has 0 aromatic heterocycles. The zero-order valence-corrected chi connectivity index (χ0v) is 13.5. The SMILES string of the molecule is CCOc1cccc(CCl)c1OCc1c(C)cccc1C. The smallest absolute Gasteiger partial charge is 0.166 e. The first-order chi connectivity index (χ1) is 10.2. The molecular formula is C18H21ClO2. The Labute approximate surface area is 131 Å². The van der Waals surface area contributed by atoms with Crippen molar-refractivity contribution in [2.45, 2.75) is 33.3 Å². The van der Waals surface area contributed by atoms with Crippen molar-refractivity contribution in [2.75, 3.05) is 6.61 Å². The Morgan fingerprint density at radius 1 is 0.952 bits per heavy atom. The van der Waals surface area contributed by atoms with E-state index in [9.17, 15) is 0 Å². The molecule has 0 atom stereocenters. The Kier molecular flexibility index (Phi) is 5.51. The number of alkyl halides is 1. The van der Waals surface area contributed by atoms with E-state index in [0.717, 1.165) is 17.1 Å². The first-order valence-electron chi connectivity index (χ1n) is 7.16. The maximum absolute atomic E-state index is 6.05. The van der Waals surface area contributed by atoms with Crippen LogP contribution in [0.25, 0.3) is 0 Å². The van der Waals surface area contributed by atoms with Crippen LogP contribution in [0.3, 0.4) is 0 Å². The average Bonchev–Trinajstić information content (AvgIpc) is 2.48. The highest BCUT2D eigenvalue weighted by Gasteiger charge is 2.12. The fraction of sp³-hybridized carbons (Fsp3) is 0.333. The van der Waals surface area contributed by atoms with E-state index in [1.54, 1.807) is 0 Å². The number of hydrogen-bond acceptors (Lipinski definition) is 2. The third-order valence-electron chi connectivity index (χ3n) is 3.51. The van der Waals surface area contributed by atoms with E-state index in [1.165, 1.54) is 16.7 Å². The van der Waals surface area contributed by atoms with Gasteiger partial charge in [0.2, 0.25) is 0 Å². The van der Waals surface area contributed by atoms with Gasteiger partial charge in [0.05, 0.1) is 12.5 Å². The third-order valence-corrected chi connectivity index (χ3v) is 3.80. The third kappa shape index (κ3) is 3.70. The summed E-state index contributed by atoms with van der Waals surface area (Å²) in [5.74, 6) is 1.90. The van der Waals surface area contributed by atoms with Gasteiger partial charge >= 0.3 is 0 Å². The van der Waals surface area contributed by atoms with Gasteiger partial charge < -0.3 is 9.47 Å². The summed E-state index contributed by atoms with van der Waals surface area (Å²) in [5.41, 5.74) is 4.63. The highest BCUT2D eigenvalue weighted by molar-refractivity contribution is 6.17. The first kappa shape index (κ1) is 15.7. The molecule has 0 heterocycles. The fourth-order valence-electron chi connectivity index (χ4n) is 2.32. The molecule has 0 aliphatic heterocycles. The van der Waals surface area contributed by atoms with Crippen LogP contribution in [0.1, 0.15) is 29.2 Å². The van der Waals surface area contributed by atoms with Crippen LogP contribution in [-0.2, 0) is 12.5 Å². The minimum absolute atomic E-state index is 0.406. The Bertz CT molecular complexity index is 588. The fourth-order valence-corrected chi connectivity index (χ4v) is 2.53. The van der Waals surface area contributed by atoms with E-state index >= 15 is 0 Å². The van der Waals surface area contributed by atoms with Gasteiger partial charge in [0.25, 0.3) is 0 Å². The molecule has 3 heteroatoms. The van der Waals surface area contributed by atoms with Crippen molar-refractivity contribution in [1.82, 2.24) is 0 Å². The lowest BCUT2D eigenvalue weighted by molar-refractivity contribution is 0.266. The topological polar surface area (TPSA) is 18.5 Å². The molecule has 0 amide bonds. The second kappa shape index (κ2) is 7.37. The van der Waals surface area contributed by atoms with Crippen LogP contribution in [0, 0.1) is 13.8 Å². The summed E-state index contributed by atoms with van der Waals surface area (Å²) in [6.45, 7) is 7.28. The number of hydrogen-bond donors (Lipinski definition) is 0. The average molecular weight is 305 g/mol. The van der Waals surface area contributed by atoms with Crippen molar-refractivity contribution < 1.29 is 9.47 Å². The van der Waals surface area contributed by atoms with Crippen molar-refractivity contribution in [2.24, 2.45) is 0 Å². The Balaban J connectivity index is 2.27. The Morgan fingerprint density at radius 2 is 1.62 bits per heavy atom. The summed E-state index contributed by atoms with van der Waals surface area (Å²) in [6, 6.07) is 12.1. The molecule has 0 saturated carbocycles. The van der Waals surface area contributed by atoms with Gasteiger partial charge in [-0.05, 0) is 43.5 Å². The molecule has 0 bridgehead atoms. The van der Waals surface area contributed by atoms with Crippen LogP contribution >= 0.6 is 11.6 Å². The number of para-hydroxylation sites is 1. The highest BCUT2D eigenvalue weighted by atomic mass is 35.5. The van der Waals surface area contributed by atoms with Gasteiger partial charge in [-0.2, -0.15) is 0 Å². The number of benzene rings is 2. The van der Waals surface area contributed by atoms with Gasteiger partial charge in [-0.1, -0.05) is 30.3 Å². The lowest BCUT2D eigenvalue weighted by Crippen LogP contribution is -2.04. The van der Waals surface area contributed by atoms with E-state index in [1.807, 2.05) is 25.1 Å². The van der Waals surface area contributed by atoms with Gasteiger partial charge in [0.1, 0.15) is 6.61 Å². The van der Waals surface area contributed by atoms with E-state index in [0.29, 0.717) is 19.1 Å².